The summed E-state index contributed by atoms with van der Waals surface area (Å²) in [4.78, 5) is 60.5. The van der Waals surface area contributed by atoms with Gasteiger partial charge in [-0.25, -0.2) is 9.78 Å². The number of carbonyl (C=O) groups excluding carboxylic acids is 3. The number of imidazole rings is 1. The minimum absolute atomic E-state index is 0.0649. The normalized spacial score (nSPS) is 14.2. The highest BCUT2D eigenvalue weighted by molar-refractivity contribution is 7.80. The summed E-state index contributed by atoms with van der Waals surface area (Å²) in [6, 6.07) is -4.27. The highest BCUT2D eigenvalue weighted by atomic mass is 32.1. The summed E-state index contributed by atoms with van der Waals surface area (Å²) < 4.78 is 0. The zero-order valence-electron chi connectivity index (χ0n) is 20.4. The van der Waals surface area contributed by atoms with Crippen molar-refractivity contribution >= 4 is 42.3 Å². The van der Waals surface area contributed by atoms with Crippen molar-refractivity contribution in [1.29, 1.82) is 0 Å². The van der Waals surface area contributed by atoms with Gasteiger partial charge < -0.3 is 43.2 Å². The molecule has 4 atom stereocenters. The van der Waals surface area contributed by atoms with E-state index in [-0.39, 0.29) is 37.0 Å². The van der Waals surface area contributed by atoms with E-state index < -0.39 is 47.9 Å². The molecule has 0 aliphatic rings. The van der Waals surface area contributed by atoms with Gasteiger partial charge in [0.25, 0.3) is 0 Å². The number of H-pyrrole nitrogens is 1. The van der Waals surface area contributed by atoms with Gasteiger partial charge in [-0.15, -0.1) is 0 Å². The second kappa shape index (κ2) is 15.6. The number of carboxylic acid groups (broad SMARTS) is 1. The van der Waals surface area contributed by atoms with Gasteiger partial charge in [-0.05, 0) is 25.2 Å². The number of aliphatic imine (C=N–C) groups is 1. The zero-order chi connectivity index (χ0) is 27.3. The van der Waals surface area contributed by atoms with E-state index in [1.165, 1.54) is 12.5 Å². The lowest BCUT2D eigenvalue weighted by atomic mass is 10.0. The molecule has 0 fully saturated rings. The van der Waals surface area contributed by atoms with Crippen LogP contribution in [0.25, 0.3) is 0 Å². The largest absolute Gasteiger partial charge is 0.480 e. The summed E-state index contributed by atoms with van der Waals surface area (Å²) in [7, 11) is 0. The summed E-state index contributed by atoms with van der Waals surface area (Å²) in [5.41, 5.74) is 17.0. The van der Waals surface area contributed by atoms with E-state index in [0.717, 1.165) is 0 Å². The molecule has 0 radical (unpaired) electrons. The first-order chi connectivity index (χ1) is 16.9. The van der Waals surface area contributed by atoms with E-state index in [1.807, 2.05) is 13.8 Å². The minimum Gasteiger partial charge on any atom is -0.480 e. The lowest BCUT2D eigenvalue weighted by molar-refractivity contribution is -0.142. The van der Waals surface area contributed by atoms with E-state index in [4.69, 9.17) is 17.2 Å². The lowest BCUT2D eigenvalue weighted by Gasteiger charge is -2.24. The van der Waals surface area contributed by atoms with E-state index in [0.29, 0.717) is 18.5 Å². The summed E-state index contributed by atoms with van der Waals surface area (Å²) in [5, 5.41) is 17.0. The van der Waals surface area contributed by atoms with Gasteiger partial charge in [-0.3, -0.25) is 19.4 Å². The van der Waals surface area contributed by atoms with Crippen LogP contribution in [0.5, 0.6) is 0 Å². The predicted octanol–water partition coefficient (Wildman–Crippen LogP) is -2.15. The molecule has 36 heavy (non-hydrogen) atoms. The highest BCUT2D eigenvalue weighted by Crippen LogP contribution is 2.06. The number of carbonyl (C=O) groups is 4. The third-order valence-corrected chi connectivity index (χ3v) is 5.41. The van der Waals surface area contributed by atoms with Gasteiger partial charge in [0.15, 0.2) is 5.96 Å². The topological polar surface area (TPSA) is 244 Å². The second-order valence-electron chi connectivity index (χ2n) is 8.67. The number of carboxylic acids is 1. The molecular weight excluding hydrogens is 490 g/mol. The number of hydrogen-bond donors (Lipinski definition) is 9. The number of guanidine groups is 1. The van der Waals surface area contributed by atoms with Crippen LogP contribution in [0.4, 0.5) is 0 Å². The molecule has 14 nitrogen and oxygen atoms in total. The third kappa shape index (κ3) is 11.4. The molecule has 1 aromatic heterocycles. The molecule has 1 aromatic rings. The van der Waals surface area contributed by atoms with E-state index in [9.17, 15) is 24.3 Å². The molecule has 4 unspecified atom stereocenters. The maximum Gasteiger partial charge on any atom is 0.326 e. The van der Waals surface area contributed by atoms with Crippen LogP contribution in [0.1, 0.15) is 38.8 Å². The summed E-state index contributed by atoms with van der Waals surface area (Å²) >= 11 is 4.12. The monoisotopic (exact) mass is 527 g/mol. The standard InChI is InChI=1S/C21H37N9O5S/c1-11(2)6-13(22)17(31)29-15(7-12-8-25-10-27-12)18(32)30-16(9-36)19(33)28-14(20(34)35)4-3-5-26-21(23)24/h8,10-11,13-16,36H,3-7,9,22H2,1-2H3,(H,25,27)(H,28,33)(H,29,31)(H,30,32)(H,34,35)(H4,23,24,26). The molecule has 1 heterocycles. The highest BCUT2D eigenvalue weighted by Gasteiger charge is 2.30. The van der Waals surface area contributed by atoms with Crippen LogP contribution in [-0.2, 0) is 25.6 Å². The van der Waals surface area contributed by atoms with Crippen molar-refractivity contribution < 1.29 is 24.3 Å². The summed E-state index contributed by atoms with van der Waals surface area (Å²) in [6.07, 6.45) is 3.79. The van der Waals surface area contributed by atoms with Crippen LogP contribution in [0, 0.1) is 5.92 Å². The number of nitrogens with zero attached hydrogens (tertiary/aromatic N) is 2. The fourth-order valence-electron chi connectivity index (χ4n) is 3.22. The molecule has 11 N–H and O–H groups in total. The summed E-state index contributed by atoms with van der Waals surface area (Å²) in [6.45, 7) is 4.04. The van der Waals surface area contributed by atoms with Crippen molar-refractivity contribution in [1.82, 2.24) is 25.9 Å². The Balaban J connectivity index is 2.87. The van der Waals surface area contributed by atoms with Crippen molar-refractivity contribution in [2.24, 2.45) is 28.1 Å². The average Bonchev–Trinajstić information content (AvgIpc) is 3.30. The quantitative estimate of drug-likeness (QED) is 0.0491. The molecule has 15 heteroatoms. The van der Waals surface area contributed by atoms with Crippen molar-refractivity contribution in [2.75, 3.05) is 12.3 Å². The van der Waals surface area contributed by atoms with Crippen molar-refractivity contribution in [3.05, 3.63) is 18.2 Å². The Bertz CT molecular complexity index is 890. The number of aliphatic carboxylic acids is 1. The molecule has 0 aliphatic carbocycles. The molecule has 3 amide bonds. The zero-order valence-corrected chi connectivity index (χ0v) is 21.3. The van der Waals surface area contributed by atoms with Gasteiger partial charge in [0.05, 0.1) is 12.4 Å². The van der Waals surface area contributed by atoms with Gasteiger partial charge in [-0.1, -0.05) is 13.8 Å². The fraction of sp³-hybridized carbons (Fsp3) is 0.619. The fourth-order valence-corrected chi connectivity index (χ4v) is 3.48. The average molecular weight is 528 g/mol. The first-order valence-corrected chi connectivity index (χ1v) is 12.1. The maximum absolute atomic E-state index is 13.0. The Morgan fingerprint density at radius 3 is 2.22 bits per heavy atom. The Kier molecular flexibility index (Phi) is 13.3. The number of amides is 3. The number of thiol groups is 1. The molecule has 0 spiro atoms. The van der Waals surface area contributed by atoms with Crippen molar-refractivity contribution in [3.8, 4) is 0 Å². The van der Waals surface area contributed by atoms with Crippen molar-refractivity contribution in [3.63, 3.8) is 0 Å². The first-order valence-electron chi connectivity index (χ1n) is 11.5. The first kappa shape index (κ1) is 30.7. The molecule has 1 rings (SSSR count). The molecule has 0 aliphatic heterocycles. The van der Waals surface area contributed by atoms with Gasteiger partial charge in [0.2, 0.25) is 17.7 Å². The number of hydrogen-bond acceptors (Lipinski definition) is 8. The molecule has 0 saturated carbocycles. The minimum atomic E-state index is -1.25. The Morgan fingerprint density at radius 1 is 1.08 bits per heavy atom. The lowest BCUT2D eigenvalue weighted by Crippen LogP contribution is -2.58. The van der Waals surface area contributed by atoms with Crippen molar-refractivity contribution in [2.45, 2.75) is 63.7 Å². The van der Waals surface area contributed by atoms with Gasteiger partial charge in [-0.2, -0.15) is 12.6 Å². The molecule has 202 valence electrons. The van der Waals surface area contributed by atoms with Gasteiger partial charge in [0, 0.05) is 30.6 Å². The molecule has 0 bridgehead atoms. The van der Waals surface area contributed by atoms with Gasteiger partial charge in [0.1, 0.15) is 18.1 Å². The smallest absolute Gasteiger partial charge is 0.326 e. The van der Waals surface area contributed by atoms with Crippen LogP contribution in [0.3, 0.4) is 0 Å². The predicted molar refractivity (Wildman–Crippen MR) is 137 cm³/mol. The van der Waals surface area contributed by atoms with E-state index >= 15 is 0 Å². The van der Waals surface area contributed by atoms with Crippen LogP contribution in [0.15, 0.2) is 17.5 Å². The number of nitrogens with one attached hydrogen (secondary N) is 4. The SMILES string of the molecule is CC(C)CC(N)C(=O)NC(Cc1cnc[nH]1)C(=O)NC(CS)C(=O)NC(CCCN=C(N)N)C(=O)O. The van der Waals surface area contributed by atoms with Crippen LogP contribution in [0.2, 0.25) is 0 Å². The summed E-state index contributed by atoms with van der Waals surface area (Å²) in [5.74, 6) is -3.23. The Morgan fingerprint density at radius 2 is 1.69 bits per heavy atom. The van der Waals surface area contributed by atoms with E-state index in [2.05, 4.69) is 43.5 Å². The number of rotatable bonds is 16. The van der Waals surface area contributed by atoms with Crippen LogP contribution >= 0.6 is 12.6 Å². The number of nitrogens with two attached hydrogens (primary N) is 3. The Hall–Kier alpha value is -3.33. The second-order valence-corrected chi connectivity index (χ2v) is 9.04. The van der Waals surface area contributed by atoms with Crippen LogP contribution in [-0.4, -0.2) is 81.2 Å². The molecule has 0 saturated heterocycles. The van der Waals surface area contributed by atoms with E-state index in [1.54, 1.807) is 0 Å². The number of aromatic nitrogens is 2. The third-order valence-electron chi connectivity index (χ3n) is 5.05. The molecule has 0 aromatic carbocycles. The number of aromatic amines is 1. The maximum atomic E-state index is 13.0. The van der Waals surface area contributed by atoms with Crippen LogP contribution < -0.4 is 33.2 Å². The molecular formula is C21H37N9O5S. The van der Waals surface area contributed by atoms with Gasteiger partial charge >= 0.3 is 5.97 Å². The Labute approximate surface area is 215 Å².